The molecule has 2 heterocycles. The third kappa shape index (κ3) is 3.14. The van der Waals surface area contributed by atoms with Crippen molar-refractivity contribution in [2.45, 2.75) is 32.8 Å². The van der Waals surface area contributed by atoms with Crippen molar-refractivity contribution in [3.05, 3.63) is 23.9 Å². The molecule has 0 spiro atoms. The average molecular weight is 287 g/mol. The van der Waals surface area contributed by atoms with E-state index in [1.807, 2.05) is 0 Å². The van der Waals surface area contributed by atoms with Crippen LogP contribution in [-0.2, 0) is 11.2 Å². The van der Waals surface area contributed by atoms with Gasteiger partial charge in [0.05, 0.1) is 30.6 Å². The van der Waals surface area contributed by atoms with E-state index in [4.69, 9.17) is 14.7 Å². The van der Waals surface area contributed by atoms with Gasteiger partial charge in [0.2, 0.25) is 5.88 Å². The van der Waals surface area contributed by atoms with Crippen molar-refractivity contribution in [3.8, 4) is 11.9 Å². The molecule has 0 unspecified atom stereocenters. The fraction of sp³-hybridized carbons (Fsp3) is 0.400. The van der Waals surface area contributed by atoms with Gasteiger partial charge in [-0.3, -0.25) is 4.57 Å². The Hall–Kier alpha value is -2.55. The molecule has 6 nitrogen and oxygen atoms in total. The predicted molar refractivity (Wildman–Crippen MR) is 77.2 cm³/mol. The summed E-state index contributed by atoms with van der Waals surface area (Å²) in [5, 5.41) is 8.91. The standard InChI is InChI=1S/C15H17N3O3/c1-15(2,3)21-14(19)18-9-10(7-8-16)13-11(18)5-6-12(17-13)20-4/h5-6,9H,7H2,1-4H3. The van der Waals surface area contributed by atoms with Gasteiger partial charge >= 0.3 is 6.09 Å². The van der Waals surface area contributed by atoms with E-state index >= 15 is 0 Å². The fourth-order valence-corrected chi connectivity index (χ4v) is 1.94. The molecule has 0 aliphatic rings. The first-order chi connectivity index (χ1) is 9.85. The van der Waals surface area contributed by atoms with Crippen LogP contribution in [0.25, 0.3) is 11.0 Å². The van der Waals surface area contributed by atoms with E-state index in [1.165, 1.54) is 11.7 Å². The molecule has 2 rings (SSSR count). The molecular formula is C15H17N3O3. The first-order valence-corrected chi connectivity index (χ1v) is 6.51. The molecule has 110 valence electrons. The average Bonchev–Trinajstić information content (AvgIpc) is 2.75. The second-order valence-corrected chi connectivity index (χ2v) is 5.56. The summed E-state index contributed by atoms with van der Waals surface area (Å²) in [5.74, 6) is 0.434. The summed E-state index contributed by atoms with van der Waals surface area (Å²) in [4.78, 5) is 16.6. The third-order valence-corrected chi connectivity index (χ3v) is 2.77. The van der Waals surface area contributed by atoms with Gasteiger partial charge in [0.1, 0.15) is 5.60 Å². The van der Waals surface area contributed by atoms with Gasteiger partial charge in [0.15, 0.2) is 0 Å². The number of methoxy groups -OCH3 is 1. The van der Waals surface area contributed by atoms with Gasteiger partial charge in [-0.1, -0.05) is 0 Å². The van der Waals surface area contributed by atoms with Gasteiger partial charge in [-0.25, -0.2) is 9.78 Å². The number of nitrogens with zero attached hydrogens (tertiary/aromatic N) is 3. The molecular weight excluding hydrogens is 270 g/mol. The van der Waals surface area contributed by atoms with Crippen molar-refractivity contribution in [3.63, 3.8) is 0 Å². The number of carbonyl (C=O) groups is 1. The van der Waals surface area contributed by atoms with E-state index < -0.39 is 11.7 Å². The van der Waals surface area contributed by atoms with Gasteiger partial charge in [0, 0.05) is 17.8 Å². The van der Waals surface area contributed by atoms with Crippen LogP contribution in [-0.4, -0.2) is 28.4 Å². The molecule has 0 N–H and O–H groups in total. The predicted octanol–water partition coefficient (Wildman–Crippen LogP) is 2.89. The highest BCUT2D eigenvalue weighted by atomic mass is 16.6. The number of pyridine rings is 1. The minimum absolute atomic E-state index is 0.159. The number of fused-ring (bicyclic) bond motifs is 1. The van der Waals surface area contributed by atoms with Gasteiger partial charge in [-0.05, 0) is 26.8 Å². The SMILES string of the molecule is COc1ccc2c(n1)c(CC#N)cn2C(=O)OC(C)(C)C. The largest absolute Gasteiger partial charge is 0.481 e. The summed E-state index contributed by atoms with van der Waals surface area (Å²) in [7, 11) is 1.52. The van der Waals surface area contributed by atoms with Crippen LogP contribution in [0.1, 0.15) is 26.3 Å². The summed E-state index contributed by atoms with van der Waals surface area (Å²) >= 11 is 0. The number of hydrogen-bond acceptors (Lipinski definition) is 5. The Kier molecular flexibility index (Phi) is 3.85. The second kappa shape index (κ2) is 5.44. The highest BCUT2D eigenvalue weighted by molar-refractivity contribution is 5.90. The molecule has 0 aliphatic heterocycles. The lowest BCUT2D eigenvalue weighted by Crippen LogP contribution is -2.26. The molecule has 6 heteroatoms. The zero-order valence-electron chi connectivity index (χ0n) is 12.5. The Labute approximate surface area is 122 Å². The van der Waals surface area contributed by atoms with Crippen molar-refractivity contribution in [2.75, 3.05) is 7.11 Å². The quantitative estimate of drug-likeness (QED) is 0.848. The molecule has 0 saturated heterocycles. The maximum atomic E-state index is 12.2. The maximum absolute atomic E-state index is 12.2. The van der Waals surface area contributed by atoms with Crippen molar-refractivity contribution in [1.29, 1.82) is 5.26 Å². The minimum atomic E-state index is -0.594. The summed E-state index contributed by atoms with van der Waals surface area (Å²) in [6, 6.07) is 5.46. The van der Waals surface area contributed by atoms with Gasteiger partial charge in [0.25, 0.3) is 0 Å². The molecule has 21 heavy (non-hydrogen) atoms. The monoisotopic (exact) mass is 287 g/mol. The molecule has 0 aromatic carbocycles. The Morgan fingerprint density at radius 3 is 2.71 bits per heavy atom. The maximum Gasteiger partial charge on any atom is 0.419 e. The highest BCUT2D eigenvalue weighted by Gasteiger charge is 2.21. The smallest absolute Gasteiger partial charge is 0.419 e. The highest BCUT2D eigenvalue weighted by Crippen LogP contribution is 2.24. The van der Waals surface area contributed by atoms with Crippen LogP contribution in [0.5, 0.6) is 5.88 Å². The number of carbonyl (C=O) groups excluding carboxylic acids is 1. The normalized spacial score (nSPS) is 11.2. The van der Waals surface area contributed by atoms with Gasteiger partial charge in [-0.2, -0.15) is 5.26 Å². The van der Waals surface area contributed by atoms with E-state index in [2.05, 4.69) is 11.1 Å². The Balaban J connectivity index is 2.54. The molecule has 0 saturated carbocycles. The van der Waals surface area contributed by atoms with Gasteiger partial charge < -0.3 is 9.47 Å². The lowest BCUT2D eigenvalue weighted by Gasteiger charge is -2.19. The Bertz CT molecular complexity index is 720. The van der Waals surface area contributed by atoms with E-state index in [0.717, 1.165) is 0 Å². The van der Waals surface area contributed by atoms with Gasteiger partial charge in [-0.15, -0.1) is 0 Å². The van der Waals surface area contributed by atoms with Crippen molar-refractivity contribution in [2.24, 2.45) is 0 Å². The Morgan fingerprint density at radius 2 is 2.14 bits per heavy atom. The van der Waals surface area contributed by atoms with Crippen LogP contribution >= 0.6 is 0 Å². The molecule has 0 bridgehead atoms. The first kappa shape index (κ1) is 14.9. The van der Waals surface area contributed by atoms with E-state index in [9.17, 15) is 4.79 Å². The zero-order chi connectivity index (χ0) is 15.6. The zero-order valence-corrected chi connectivity index (χ0v) is 12.5. The summed E-state index contributed by atoms with van der Waals surface area (Å²) in [6.45, 7) is 5.40. The number of ether oxygens (including phenoxy) is 2. The first-order valence-electron chi connectivity index (χ1n) is 6.51. The topological polar surface area (TPSA) is 77.1 Å². The Morgan fingerprint density at radius 1 is 1.43 bits per heavy atom. The van der Waals surface area contributed by atoms with Crippen molar-refractivity contribution < 1.29 is 14.3 Å². The summed E-state index contributed by atoms with van der Waals surface area (Å²) in [6.07, 6.45) is 1.25. The molecule has 0 radical (unpaired) electrons. The van der Waals surface area contributed by atoms with E-state index in [0.29, 0.717) is 22.5 Å². The number of aromatic nitrogens is 2. The fourth-order valence-electron chi connectivity index (χ4n) is 1.94. The molecule has 0 amide bonds. The molecule has 2 aromatic rings. The summed E-state index contributed by atoms with van der Waals surface area (Å²) < 4.78 is 11.8. The van der Waals surface area contributed by atoms with Crippen molar-refractivity contribution in [1.82, 2.24) is 9.55 Å². The van der Waals surface area contributed by atoms with Crippen LogP contribution in [0.4, 0.5) is 4.79 Å². The third-order valence-electron chi connectivity index (χ3n) is 2.77. The number of rotatable bonds is 2. The lowest BCUT2D eigenvalue weighted by molar-refractivity contribution is 0.0544. The second-order valence-electron chi connectivity index (χ2n) is 5.56. The van der Waals surface area contributed by atoms with E-state index in [1.54, 1.807) is 39.1 Å². The van der Waals surface area contributed by atoms with Crippen LogP contribution in [0.3, 0.4) is 0 Å². The molecule has 0 aliphatic carbocycles. The minimum Gasteiger partial charge on any atom is -0.481 e. The number of hydrogen-bond donors (Lipinski definition) is 0. The van der Waals surface area contributed by atoms with Crippen LogP contribution < -0.4 is 4.74 Å². The van der Waals surface area contributed by atoms with Crippen LogP contribution in [0, 0.1) is 11.3 Å². The van der Waals surface area contributed by atoms with E-state index in [-0.39, 0.29) is 6.42 Å². The number of nitriles is 1. The summed E-state index contributed by atoms with van der Waals surface area (Å²) in [5.41, 5.74) is 1.23. The molecule has 0 atom stereocenters. The van der Waals surface area contributed by atoms with Crippen LogP contribution in [0.2, 0.25) is 0 Å². The lowest BCUT2D eigenvalue weighted by atomic mass is 10.2. The molecule has 0 fully saturated rings. The van der Waals surface area contributed by atoms with Crippen molar-refractivity contribution >= 4 is 17.1 Å². The van der Waals surface area contributed by atoms with Crippen LogP contribution in [0.15, 0.2) is 18.3 Å². The molecule has 2 aromatic heterocycles.